The maximum atomic E-state index is 12.3. The van der Waals surface area contributed by atoms with Crippen molar-refractivity contribution >= 4 is 10.0 Å². The maximum Gasteiger partial charge on any atom is 0.260 e. The smallest absolute Gasteiger partial charge is 0.260 e. The molecule has 3 N–H and O–H groups in total. The second-order valence-corrected chi connectivity index (χ2v) is 6.88. The summed E-state index contributed by atoms with van der Waals surface area (Å²) in [6, 6.07) is 0. The molecule has 8 heteroatoms. The molecule has 0 amide bonds. The van der Waals surface area contributed by atoms with Crippen molar-refractivity contribution in [3.05, 3.63) is 11.3 Å². The molecule has 1 aromatic rings. The van der Waals surface area contributed by atoms with Gasteiger partial charge >= 0.3 is 0 Å². The maximum absolute atomic E-state index is 12.3. The van der Waals surface area contributed by atoms with Gasteiger partial charge in [-0.15, -0.1) is 0 Å². The van der Waals surface area contributed by atoms with Gasteiger partial charge in [0.15, 0.2) is 5.03 Å². The number of aryl methyl sites for hydroxylation is 1. The highest BCUT2D eigenvalue weighted by Crippen LogP contribution is 2.16. The monoisotopic (exact) mass is 304 g/mol. The number of hydrogen-bond acceptors (Lipinski definition) is 5. The van der Waals surface area contributed by atoms with Crippen LogP contribution in [0.15, 0.2) is 5.03 Å². The van der Waals surface area contributed by atoms with Crippen molar-refractivity contribution in [1.29, 1.82) is 0 Å². The summed E-state index contributed by atoms with van der Waals surface area (Å²) in [6.45, 7) is 8.78. The van der Waals surface area contributed by atoms with Crippen molar-refractivity contribution in [2.24, 2.45) is 0 Å². The number of hydrogen-bond donors (Lipinski definition) is 3. The molecule has 1 aromatic heterocycles. The predicted octanol–water partition coefficient (Wildman–Crippen LogP) is 0.531. The summed E-state index contributed by atoms with van der Waals surface area (Å²) in [6.07, 6.45) is 0. The van der Waals surface area contributed by atoms with E-state index < -0.39 is 15.6 Å². The van der Waals surface area contributed by atoms with Crippen LogP contribution in [0.5, 0.6) is 0 Å². The summed E-state index contributed by atoms with van der Waals surface area (Å²) in [5.41, 5.74) is 0.840. The summed E-state index contributed by atoms with van der Waals surface area (Å²) >= 11 is 0. The Hall–Kier alpha value is -0.960. The van der Waals surface area contributed by atoms with Gasteiger partial charge in [-0.3, -0.25) is 5.10 Å². The van der Waals surface area contributed by atoms with Gasteiger partial charge in [-0.2, -0.15) is 5.10 Å². The molecule has 0 bridgehead atoms. The van der Waals surface area contributed by atoms with E-state index in [-0.39, 0.29) is 11.6 Å². The molecule has 0 fully saturated rings. The molecule has 0 saturated heterocycles. The third-order valence-corrected chi connectivity index (χ3v) is 4.45. The van der Waals surface area contributed by atoms with E-state index in [0.717, 1.165) is 12.2 Å². The molecule has 20 heavy (non-hydrogen) atoms. The topological polar surface area (TPSA) is 96.1 Å². The molecule has 7 nitrogen and oxygen atoms in total. The summed E-state index contributed by atoms with van der Waals surface area (Å²) in [7, 11) is -2.11. The van der Waals surface area contributed by atoms with Crippen molar-refractivity contribution in [2.45, 2.75) is 44.9 Å². The minimum absolute atomic E-state index is 0.0443. The van der Waals surface area contributed by atoms with Crippen molar-refractivity contribution in [3.8, 4) is 0 Å². The van der Waals surface area contributed by atoms with Crippen LogP contribution in [0, 0.1) is 6.92 Å². The predicted molar refractivity (Wildman–Crippen MR) is 77.0 cm³/mol. The van der Waals surface area contributed by atoms with E-state index in [0.29, 0.717) is 12.1 Å². The molecule has 0 saturated carbocycles. The van der Waals surface area contributed by atoms with Crippen LogP contribution in [0.1, 0.15) is 32.0 Å². The molecule has 116 valence electrons. The highest BCUT2D eigenvalue weighted by molar-refractivity contribution is 7.89. The molecular formula is C12H24N4O3S. The van der Waals surface area contributed by atoms with E-state index in [1.807, 2.05) is 20.8 Å². The Bertz CT molecular complexity index is 537. The minimum Gasteiger partial charge on any atom is -0.377 e. The van der Waals surface area contributed by atoms with Crippen LogP contribution >= 0.6 is 0 Å². The number of nitrogens with one attached hydrogen (secondary N) is 3. The van der Waals surface area contributed by atoms with Crippen LogP contribution in [0.25, 0.3) is 0 Å². The summed E-state index contributed by atoms with van der Waals surface area (Å²) in [4.78, 5) is 0. The number of rotatable bonds is 8. The standard InChI is InChI=1S/C12H24N4O3S/c1-6-13-7-10-9(2)15-16-11(10)20(17,18)14-8-12(3,4)19-5/h13-14H,6-8H2,1-5H3,(H,15,16). The van der Waals surface area contributed by atoms with Crippen LogP contribution in [-0.2, 0) is 21.3 Å². The van der Waals surface area contributed by atoms with Crippen LogP contribution in [0.4, 0.5) is 0 Å². The highest BCUT2D eigenvalue weighted by Gasteiger charge is 2.26. The van der Waals surface area contributed by atoms with Crippen molar-refractivity contribution in [2.75, 3.05) is 20.2 Å². The molecule has 0 aliphatic carbocycles. The Labute approximate surface area is 120 Å². The van der Waals surface area contributed by atoms with Crippen LogP contribution in [-0.4, -0.2) is 44.4 Å². The normalized spacial score (nSPS) is 12.8. The zero-order valence-electron chi connectivity index (χ0n) is 12.7. The van der Waals surface area contributed by atoms with E-state index in [1.165, 1.54) is 0 Å². The molecule has 0 atom stereocenters. The average molecular weight is 304 g/mol. The fraction of sp³-hybridized carbons (Fsp3) is 0.750. The van der Waals surface area contributed by atoms with Gasteiger partial charge in [-0.05, 0) is 27.3 Å². The van der Waals surface area contributed by atoms with Gasteiger partial charge in [0.25, 0.3) is 10.0 Å². The van der Waals surface area contributed by atoms with E-state index in [2.05, 4.69) is 20.2 Å². The van der Waals surface area contributed by atoms with Crippen LogP contribution in [0.3, 0.4) is 0 Å². The lowest BCUT2D eigenvalue weighted by Crippen LogP contribution is -2.40. The summed E-state index contributed by atoms with van der Waals surface area (Å²) in [5, 5.41) is 9.79. The van der Waals surface area contributed by atoms with E-state index in [4.69, 9.17) is 4.74 Å². The van der Waals surface area contributed by atoms with Crippen molar-refractivity contribution < 1.29 is 13.2 Å². The van der Waals surface area contributed by atoms with Crippen LogP contribution < -0.4 is 10.0 Å². The van der Waals surface area contributed by atoms with E-state index in [9.17, 15) is 8.42 Å². The number of H-pyrrole nitrogens is 1. The second-order valence-electron chi connectivity index (χ2n) is 5.20. The third-order valence-electron chi connectivity index (χ3n) is 3.08. The van der Waals surface area contributed by atoms with Crippen LogP contribution in [0.2, 0.25) is 0 Å². The fourth-order valence-electron chi connectivity index (χ4n) is 1.52. The van der Waals surface area contributed by atoms with E-state index >= 15 is 0 Å². The van der Waals surface area contributed by atoms with Gasteiger partial charge in [0, 0.05) is 31.5 Å². The van der Waals surface area contributed by atoms with Gasteiger partial charge in [0.05, 0.1) is 5.60 Å². The van der Waals surface area contributed by atoms with Gasteiger partial charge in [-0.25, -0.2) is 13.1 Å². The first-order valence-corrected chi connectivity index (χ1v) is 8.01. The van der Waals surface area contributed by atoms with Crippen molar-refractivity contribution in [1.82, 2.24) is 20.2 Å². The van der Waals surface area contributed by atoms with Gasteiger partial charge in [0.1, 0.15) is 0 Å². The molecule has 0 radical (unpaired) electrons. The Kier molecular flexibility index (Phi) is 5.69. The lowest BCUT2D eigenvalue weighted by molar-refractivity contribution is 0.0276. The Morgan fingerprint density at radius 1 is 1.40 bits per heavy atom. The molecule has 0 unspecified atom stereocenters. The zero-order valence-corrected chi connectivity index (χ0v) is 13.5. The molecule has 0 aliphatic heterocycles. The zero-order chi connectivity index (χ0) is 15.4. The molecule has 0 aliphatic rings. The Morgan fingerprint density at radius 3 is 2.60 bits per heavy atom. The Morgan fingerprint density at radius 2 is 2.05 bits per heavy atom. The first-order valence-electron chi connectivity index (χ1n) is 6.53. The number of nitrogens with zero attached hydrogens (tertiary/aromatic N) is 1. The van der Waals surface area contributed by atoms with Gasteiger partial charge < -0.3 is 10.1 Å². The third kappa shape index (κ3) is 4.27. The first kappa shape index (κ1) is 17.1. The van der Waals surface area contributed by atoms with Gasteiger partial charge in [0.2, 0.25) is 0 Å². The lowest BCUT2D eigenvalue weighted by atomic mass is 10.1. The number of aromatic nitrogens is 2. The highest BCUT2D eigenvalue weighted by atomic mass is 32.2. The van der Waals surface area contributed by atoms with Crippen molar-refractivity contribution in [3.63, 3.8) is 0 Å². The van der Waals surface area contributed by atoms with E-state index in [1.54, 1.807) is 14.0 Å². The summed E-state index contributed by atoms with van der Waals surface area (Å²) in [5.74, 6) is 0. The number of sulfonamides is 1. The number of ether oxygens (including phenoxy) is 1. The average Bonchev–Trinajstić information content (AvgIpc) is 2.76. The molecular weight excluding hydrogens is 280 g/mol. The Balaban J connectivity index is 2.93. The first-order chi connectivity index (χ1) is 9.23. The van der Waals surface area contributed by atoms with Gasteiger partial charge in [-0.1, -0.05) is 6.92 Å². The number of aromatic amines is 1. The molecule has 0 aromatic carbocycles. The summed E-state index contributed by atoms with van der Waals surface area (Å²) < 4.78 is 32.4. The second kappa shape index (κ2) is 6.66. The lowest BCUT2D eigenvalue weighted by Gasteiger charge is -2.22. The molecule has 1 rings (SSSR count). The SMILES string of the molecule is CCNCc1c(S(=O)(=O)NCC(C)(C)OC)n[nH]c1C. The number of methoxy groups -OCH3 is 1. The largest absolute Gasteiger partial charge is 0.377 e. The molecule has 0 spiro atoms. The minimum atomic E-state index is -3.66. The molecule has 1 heterocycles. The quantitative estimate of drug-likeness (QED) is 0.651. The fourth-order valence-corrected chi connectivity index (χ4v) is 2.91.